The lowest BCUT2D eigenvalue weighted by Crippen LogP contribution is -2.44. The normalized spacial score (nSPS) is 35.1. The smallest absolute Gasteiger partial charge is 0.256 e. The summed E-state index contributed by atoms with van der Waals surface area (Å²) in [5.41, 5.74) is 0. The van der Waals surface area contributed by atoms with Crippen LogP contribution in [0.1, 0.15) is 13.8 Å². The van der Waals surface area contributed by atoms with E-state index < -0.39 is 0 Å². The van der Waals surface area contributed by atoms with E-state index in [0.717, 1.165) is 6.61 Å². The first-order valence-corrected chi connectivity index (χ1v) is 3.54. The van der Waals surface area contributed by atoms with Crippen molar-refractivity contribution in [3.63, 3.8) is 0 Å². The minimum absolute atomic E-state index is 0.464. The molecule has 3 heteroatoms. The molecule has 1 rings (SSSR count). The summed E-state index contributed by atoms with van der Waals surface area (Å²) in [5.74, 6) is 0.566. The van der Waals surface area contributed by atoms with Gasteiger partial charge in [0.15, 0.2) is 0 Å². The van der Waals surface area contributed by atoms with Gasteiger partial charge in [0.2, 0.25) is 0 Å². The summed E-state index contributed by atoms with van der Waals surface area (Å²) < 4.78 is 5.08. The topological polar surface area (TPSA) is 21.3 Å². The van der Waals surface area contributed by atoms with Gasteiger partial charge in [-0.2, -0.15) is 0 Å². The van der Waals surface area contributed by atoms with E-state index in [4.69, 9.17) is 17.0 Å². The summed E-state index contributed by atoms with van der Waals surface area (Å²) >= 11 is 4.80. The molecule has 2 unspecified atom stereocenters. The lowest BCUT2D eigenvalue weighted by molar-refractivity contribution is 0.181. The molecule has 1 heterocycles. The lowest BCUT2D eigenvalue weighted by atomic mass is 10.0. The van der Waals surface area contributed by atoms with Gasteiger partial charge < -0.3 is 10.1 Å². The van der Waals surface area contributed by atoms with Gasteiger partial charge in [-0.25, -0.2) is 0 Å². The van der Waals surface area contributed by atoms with Gasteiger partial charge in [-0.05, 0) is 19.1 Å². The Morgan fingerprint density at radius 2 is 2.33 bits per heavy atom. The van der Waals surface area contributed by atoms with E-state index >= 15 is 0 Å². The van der Waals surface area contributed by atoms with Crippen molar-refractivity contribution in [1.29, 1.82) is 0 Å². The number of nitrogens with one attached hydrogen (secondary N) is 1. The number of hydrogen-bond acceptors (Lipinski definition) is 2. The van der Waals surface area contributed by atoms with E-state index in [2.05, 4.69) is 19.2 Å². The molecule has 2 atom stereocenters. The predicted octanol–water partition coefficient (Wildman–Crippen LogP) is 0.916. The highest BCUT2D eigenvalue weighted by molar-refractivity contribution is 7.80. The average molecular weight is 145 g/mol. The van der Waals surface area contributed by atoms with E-state index in [1.54, 1.807) is 0 Å². The Kier molecular flexibility index (Phi) is 1.90. The zero-order valence-electron chi connectivity index (χ0n) is 5.68. The molecule has 1 aliphatic rings. The molecule has 0 aliphatic carbocycles. The number of hydrogen-bond donors (Lipinski definition) is 1. The molecular formula is C6H11NOS. The first-order chi connectivity index (χ1) is 4.20. The second kappa shape index (κ2) is 2.52. The van der Waals surface area contributed by atoms with Crippen LogP contribution in [-0.4, -0.2) is 17.8 Å². The van der Waals surface area contributed by atoms with Gasteiger partial charge in [-0.3, -0.25) is 0 Å². The SMILES string of the molecule is CC1COC(=S)NC1C. The molecule has 0 saturated carbocycles. The van der Waals surface area contributed by atoms with Crippen molar-refractivity contribution in [1.82, 2.24) is 5.32 Å². The van der Waals surface area contributed by atoms with Gasteiger partial charge in [-0.1, -0.05) is 6.92 Å². The molecule has 1 fully saturated rings. The van der Waals surface area contributed by atoms with Crippen molar-refractivity contribution in [2.75, 3.05) is 6.61 Å². The Labute approximate surface area is 60.6 Å². The minimum atomic E-state index is 0.464. The van der Waals surface area contributed by atoms with Gasteiger partial charge in [0.1, 0.15) is 0 Å². The largest absolute Gasteiger partial charge is 0.471 e. The maximum absolute atomic E-state index is 5.08. The van der Waals surface area contributed by atoms with Crippen LogP contribution in [0.5, 0.6) is 0 Å². The van der Waals surface area contributed by atoms with Crippen molar-refractivity contribution in [2.45, 2.75) is 19.9 Å². The number of ether oxygens (including phenoxy) is 1. The molecule has 1 aliphatic heterocycles. The molecule has 52 valence electrons. The van der Waals surface area contributed by atoms with Crippen LogP contribution < -0.4 is 5.32 Å². The van der Waals surface area contributed by atoms with Crippen LogP contribution in [0.25, 0.3) is 0 Å². The Hall–Kier alpha value is -0.310. The summed E-state index contributed by atoms with van der Waals surface area (Å²) in [6.45, 7) is 5.01. The minimum Gasteiger partial charge on any atom is -0.471 e. The Morgan fingerprint density at radius 1 is 1.67 bits per heavy atom. The monoisotopic (exact) mass is 145 g/mol. The molecule has 0 spiro atoms. The standard InChI is InChI=1S/C6H11NOS/c1-4-3-8-6(9)7-5(4)2/h4-5H,3H2,1-2H3,(H,7,9). The fraction of sp³-hybridized carbons (Fsp3) is 0.833. The average Bonchev–Trinajstić information content (AvgIpc) is 1.80. The quantitative estimate of drug-likeness (QED) is 0.512. The molecule has 0 amide bonds. The van der Waals surface area contributed by atoms with Crippen molar-refractivity contribution < 1.29 is 4.74 Å². The highest BCUT2D eigenvalue weighted by Crippen LogP contribution is 2.07. The highest BCUT2D eigenvalue weighted by atomic mass is 32.1. The number of thiocarbonyl (C=S) groups is 1. The third-order valence-corrected chi connectivity index (χ3v) is 1.91. The summed E-state index contributed by atoms with van der Waals surface area (Å²) in [4.78, 5) is 0. The van der Waals surface area contributed by atoms with E-state index in [9.17, 15) is 0 Å². The van der Waals surface area contributed by atoms with Crippen molar-refractivity contribution in [2.24, 2.45) is 5.92 Å². The maximum Gasteiger partial charge on any atom is 0.256 e. The van der Waals surface area contributed by atoms with E-state index in [1.165, 1.54) is 0 Å². The Bertz CT molecular complexity index is 126. The van der Waals surface area contributed by atoms with Gasteiger partial charge in [0, 0.05) is 12.0 Å². The molecule has 0 aromatic carbocycles. The second-order valence-corrected chi connectivity index (χ2v) is 2.88. The van der Waals surface area contributed by atoms with Crippen LogP contribution in [0.15, 0.2) is 0 Å². The molecule has 0 bridgehead atoms. The van der Waals surface area contributed by atoms with Gasteiger partial charge >= 0.3 is 0 Å². The van der Waals surface area contributed by atoms with Crippen LogP contribution >= 0.6 is 12.2 Å². The Morgan fingerprint density at radius 3 is 2.78 bits per heavy atom. The summed E-state index contributed by atoms with van der Waals surface area (Å²) in [5, 5.41) is 3.58. The molecule has 9 heavy (non-hydrogen) atoms. The molecule has 1 N–H and O–H groups in total. The first-order valence-electron chi connectivity index (χ1n) is 3.13. The van der Waals surface area contributed by atoms with E-state index in [0.29, 0.717) is 17.1 Å². The van der Waals surface area contributed by atoms with Crippen LogP contribution in [0.2, 0.25) is 0 Å². The van der Waals surface area contributed by atoms with Crippen LogP contribution in [0.4, 0.5) is 0 Å². The zero-order valence-corrected chi connectivity index (χ0v) is 6.49. The third kappa shape index (κ3) is 1.55. The first kappa shape index (κ1) is 6.81. The van der Waals surface area contributed by atoms with E-state index in [1.807, 2.05) is 0 Å². The van der Waals surface area contributed by atoms with E-state index in [-0.39, 0.29) is 0 Å². The second-order valence-electron chi connectivity index (χ2n) is 2.51. The predicted molar refractivity (Wildman–Crippen MR) is 40.3 cm³/mol. The molecule has 1 saturated heterocycles. The molecular weight excluding hydrogens is 134 g/mol. The molecule has 0 radical (unpaired) electrons. The summed E-state index contributed by atoms with van der Waals surface area (Å²) in [6.07, 6.45) is 0. The van der Waals surface area contributed by atoms with Gasteiger partial charge in [0.25, 0.3) is 5.17 Å². The number of rotatable bonds is 0. The Balaban J connectivity index is 2.44. The van der Waals surface area contributed by atoms with Gasteiger partial charge in [0.05, 0.1) is 6.61 Å². The van der Waals surface area contributed by atoms with Crippen LogP contribution in [0, 0.1) is 5.92 Å². The molecule has 0 aromatic rings. The van der Waals surface area contributed by atoms with Crippen LogP contribution in [0.3, 0.4) is 0 Å². The zero-order chi connectivity index (χ0) is 6.85. The van der Waals surface area contributed by atoms with Crippen molar-refractivity contribution >= 4 is 17.4 Å². The third-order valence-electron chi connectivity index (χ3n) is 1.68. The summed E-state index contributed by atoms with van der Waals surface area (Å²) in [6, 6.07) is 0.464. The van der Waals surface area contributed by atoms with Crippen molar-refractivity contribution in [3.8, 4) is 0 Å². The fourth-order valence-corrected chi connectivity index (χ4v) is 0.975. The fourth-order valence-electron chi connectivity index (χ4n) is 0.721. The highest BCUT2D eigenvalue weighted by Gasteiger charge is 2.19. The van der Waals surface area contributed by atoms with Gasteiger partial charge in [-0.15, -0.1) is 0 Å². The van der Waals surface area contributed by atoms with Crippen molar-refractivity contribution in [3.05, 3.63) is 0 Å². The van der Waals surface area contributed by atoms with Crippen LogP contribution in [-0.2, 0) is 4.74 Å². The lowest BCUT2D eigenvalue weighted by Gasteiger charge is -2.28. The molecule has 2 nitrogen and oxygen atoms in total. The summed E-state index contributed by atoms with van der Waals surface area (Å²) in [7, 11) is 0. The maximum atomic E-state index is 5.08. The molecule has 0 aromatic heterocycles.